The maximum absolute atomic E-state index is 12.6. The van der Waals surface area contributed by atoms with Gasteiger partial charge in [-0.05, 0) is 78.6 Å². The molecule has 0 bridgehead atoms. The second kappa shape index (κ2) is 9.37. The van der Waals surface area contributed by atoms with Gasteiger partial charge in [0.25, 0.3) is 0 Å². The Morgan fingerprint density at radius 1 is 0.912 bits per heavy atom. The van der Waals surface area contributed by atoms with Crippen LogP contribution in [0.25, 0.3) is 11.0 Å². The molecule has 3 aromatic rings. The lowest BCUT2D eigenvalue weighted by Gasteiger charge is -2.44. The van der Waals surface area contributed by atoms with Crippen molar-refractivity contribution in [2.24, 2.45) is 11.3 Å². The Bertz CT molecular complexity index is 1120. The first-order valence-electron chi connectivity index (χ1n) is 12.5. The van der Waals surface area contributed by atoms with Crippen LogP contribution in [0.15, 0.2) is 48.5 Å². The molecule has 0 N–H and O–H groups in total. The SMILES string of the molecule is CC(C)(C)C1CCC(N2CCN(c3ccc(C(=O)On4nnc5ccccc54)cc3)CC2)CC1. The number of fused-ring (bicyclic) bond motifs is 1. The summed E-state index contributed by atoms with van der Waals surface area (Å²) >= 11 is 0. The Morgan fingerprint density at radius 2 is 1.59 bits per heavy atom. The standard InChI is InChI=1S/C27H35N5O2/c1-27(2,3)21-10-14-23(15-11-21)31-18-16-30(17-19-31)22-12-8-20(9-13-22)26(33)34-32-25-7-5-4-6-24(25)28-29-32/h4-9,12-13,21,23H,10-11,14-19H2,1-3H3. The molecule has 1 saturated heterocycles. The molecule has 5 rings (SSSR count). The highest BCUT2D eigenvalue weighted by Crippen LogP contribution is 2.39. The lowest BCUT2D eigenvalue weighted by molar-refractivity contribution is 0.0409. The molecular weight excluding hydrogens is 426 g/mol. The molecule has 1 saturated carbocycles. The molecule has 7 nitrogen and oxygen atoms in total. The van der Waals surface area contributed by atoms with Gasteiger partial charge in [0.1, 0.15) is 11.0 Å². The number of aromatic nitrogens is 3. The van der Waals surface area contributed by atoms with Gasteiger partial charge in [-0.25, -0.2) is 4.79 Å². The number of hydrogen-bond acceptors (Lipinski definition) is 6. The summed E-state index contributed by atoms with van der Waals surface area (Å²) in [6, 6.07) is 15.8. The predicted molar refractivity (Wildman–Crippen MR) is 134 cm³/mol. The summed E-state index contributed by atoms with van der Waals surface area (Å²) in [6.45, 7) is 11.4. The quantitative estimate of drug-likeness (QED) is 0.536. The maximum atomic E-state index is 12.6. The van der Waals surface area contributed by atoms with Gasteiger partial charge in [-0.2, -0.15) is 0 Å². The van der Waals surface area contributed by atoms with Gasteiger partial charge in [-0.3, -0.25) is 4.90 Å². The highest BCUT2D eigenvalue weighted by Gasteiger charge is 2.33. The number of para-hydroxylation sites is 1. The van der Waals surface area contributed by atoms with Crippen molar-refractivity contribution in [2.75, 3.05) is 31.1 Å². The average Bonchev–Trinajstić information content (AvgIpc) is 3.26. The average molecular weight is 462 g/mol. The van der Waals surface area contributed by atoms with Crippen molar-refractivity contribution >= 4 is 22.7 Å². The summed E-state index contributed by atoms with van der Waals surface area (Å²) in [5.74, 6) is 0.413. The Hall–Kier alpha value is -2.93. The van der Waals surface area contributed by atoms with Gasteiger partial charge >= 0.3 is 5.97 Å². The lowest BCUT2D eigenvalue weighted by atomic mass is 9.71. The van der Waals surface area contributed by atoms with Crippen LogP contribution in [-0.2, 0) is 0 Å². The highest BCUT2D eigenvalue weighted by atomic mass is 16.7. The lowest BCUT2D eigenvalue weighted by Crippen LogP contribution is -2.51. The largest absolute Gasteiger partial charge is 0.369 e. The third kappa shape index (κ3) is 4.80. The summed E-state index contributed by atoms with van der Waals surface area (Å²) in [7, 11) is 0. The van der Waals surface area contributed by atoms with Crippen molar-refractivity contribution in [3.05, 3.63) is 54.1 Å². The zero-order chi connectivity index (χ0) is 23.7. The Labute approximate surface area is 201 Å². The molecule has 0 amide bonds. The predicted octanol–water partition coefficient (Wildman–Crippen LogP) is 4.43. The van der Waals surface area contributed by atoms with Gasteiger partial charge < -0.3 is 9.74 Å². The summed E-state index contributed by atoms with van der Waals surface area (Å²) < 4.78 is 0. The first-order chi connectivity index (χ1) is 16.4. The van der Waals surface area contributed by atoms with Crippen LogP contribution in [0.1, 0.15) is 56.8 Å². The minimum absolute atomic E-state index is 0.436. The van der Waals surface area contributed by atoms with Crippen LogP contribution in [0.5, 0.6) is 0 Å². The molecule has 0 radical (unpaired) electrons. The number of piperazine rings is 1. The van der Waals surface area contributed by atoms with Crippen molar-refractivity contribution in [3.63, 3.8) is 0 Å². The van der Waals surface area contributed by atoms with Crippen LogP contribution in [0, 0.1) is 11.3 Å². The van der Waals surface area contributed by atoms with E-state index in [-0.39, 0.29) is 0 Å². The van der Waals surface area contributed by atoms with Crippen molar-refractivity contribution in [3.8, 4) is 0 Å². The first-order valence-corrected chi connectivity index (χ1v) is 12.5. The van der Waals surface area contributed by atoms with Gasteiger partial charge in [-0.15, -0.1) is 5.10 Å². The van der Waals surface area contributed by atoms with E-state index >= 15 is 0 Å². The molecule has 0 unspecified atom stereocenters. The van der Waals surface area contributed by atoms with Gasteiger partial charge in [-0.1, -0.05) is 37.7 Å². The van der Waals surface area contributed by atoms with E-state index in [2.05, 4.69) is 40.9 Å². The van der Waals surface area contributed by atoms with Gasteiger partial charge in [0.05, 0.1) is 5.56 Å². The minimum Gasteiger partial charge on any atom is -0.369 e. The molecule has 0 spiro atoms. The smallest absolute Gasteiger partial charge is 0.365 e. The molecule has 2 aliphatic rings. The first kappa shape index (κ1) is 22.8. The highest BCUT2D eigenvalue weighted by molar-refractivity contribution is 5.90. The molecular formula is C27H35N5O2. The van der Waals surface area contributed by atoms with Gasteiger partial charge in [0.15, 0.2) is 0 Å². The van der Waals surface area contributed by atoms with E-state index in [1.54, 1.807) is 0 Å². The second-order valence-corrected chi connectivity index (χ2v) is 10.8. The zero-order valence-corrected chi connectivity index (χ0v) is 20.5. The Balaban J connectivity index is 1.14. The molecule has 1 aliphatic carbocycles. The number of carbonyl (C=O) groups excluding carboxylic acids is 1. The number of rotatable bonds is 4. The molecule has 1 aromatic heterocycles. The van der Waals surface area contributed by atoms with Gasteiger partial charge in [0.2, 0.25) is 0 Å². The zero-order valence-electron chi connectivity index (χ0n) is 20.5. The van der Waals surface area contributed by atoms with Crippen LogP contribution in [0.2, 0.25) is 0 Å². The molecule has 7 heteroatoms. The van der Waals surface area contributed by atoms with E-state index in [0.717, 1.165) is 43.8 Å². The second-order valence-electron chi connectivity index (χ2n) is 10.8. The van der Waals surface area contributed by atoms with Crippen LogP contribution < -0.4 is 9.74 Å². The maximum Gasteiger partial charge on any atom is 0.365 e. The monoisotopic (exact) mass is 461 g/mol. The molecule has 2 heterocycles. The van der Waals surface area contributed by atoms with Crippen LogP contribution in [-0.4, -0.2) is 58.2 Å². The Morgan fingerprint density at radius 3 is 2.26 bits per heavy atom. The van der Waals surface area contributed by atoms with E-state index < -0.39 is 5.97 Å². The van der Waals surface area contributed by atoms with Crippen molar-refractivity contribution in [2.45, 2.75) is 52.5 Å². The topological polar surface area (TPSA) is 63.5 Å². The van der Waals surface area contributed by atoms with E-state index in [1.807, 2.05) is 48.5 Å². The molecule has 2 aromatic carbocycles. The van der Waals surface area contributed by atoms with Crippen molar-refractivity contribution in [1.29, 1.82) is 0 Å². The van der Waals surface area contributed by atoms with Crippen LogP contribution in [0.4, 0.5) is 5.69 Å². The van der Waals surface area contributed by atoms with Crippen molar-refractivity contribution < 1.29 is 9.63 Å². The summed E-state index contributed by atoms with van der Waals surface area (Å²) in [6.07, 6.45) is 5.38. The van der Waals surface area contributed by atoms with Crippen LogP contribution in [0.3, 0.4) is 0 Å². The van der Waals surface area contributed by atoms with E-state index in [0.29, 0.717) is 22.0 Å². The van der Waals surface area contributed by atoms with Crippen LogP contribution >= 0.6 is 0 Å². The number of carbonyl (C=O) groups is 1. The fourth-order valence-electron chi connectivity index (χ4n) is 5.51. The van der Waals surface area contributed by atoms with E-state index in [4.69, 9.17) is 4.84 Å². The fourth-order valence-corrected chi connectivity index (χ4v) is 5.51. The van der Waals surface area contributed by atoms with Gasteiger partial charge in [0, 0.05) is 37.9 Å². The van der Waals surface area contributed by atoms with E-state index in [1.165, 1.54) is 30.5 Å². The molecule has 2 fully saturated rings. The number of anilines is 1. The number of benzene rings is 2. The molecule has 1 aliphatic heterocycles. The Kier molecular flexibility index (Phi) is 6.30. The summed E-state index contributed by atoms with van der Waals surface area (Å²) in [4.78, 5) is 24.3. The third-order valence-corrected chi connectivity index (χ3v) is 7.71. The normalized spacial score (nSPS) is 22.1. The minimum atomic E-state index is -0.446. The van der Waals surface area contributed by atoms with Crippen molar-refractivity contribution in [1.82, 2.24) is 20.1 Å². The third-order valence-electron chi connectivity index (χ3n) is 7.71. The van der Waals surface area contributed by atoms with E-state index in [9.17, 15) is 4.79 Å². The summed E-state index contributed by atoms with van der Waals surface area (Å²) in [5.41, 5.74) is 3.44. The molecule has 180 valence electrons. The fraction of sp³-hybridized carbons (Fsp3) is 0.519. The number of hydrogen-bond donors (Lipinski definition) is 0. The number of nitrogens with zero attached hydrogens (tertiary/aromatic N) is 5. The molecule has 34 heavy (non-hydrogen) atoms. The summed E-state index contributed by atoms with van der Waals surface area (Å²) in [5, 5.41) is 7.94. The molecule has 0 atom stereocenters.